The molecule has 1 saturated carbocycles. The lowest BCUT2D eigenvalue weighted by Gasteiger charge is -2.32. The van der Waals surface area contributed by atoms with Crippen molar-refractivity contribution in [3.05, 3.63) is 12.2 Å². The van der Waals surface area contributed by atoms with Gasteiger partial charge < -0.3 is 5.32 Å². The third kappa shape index (κ3) is 2.63. The molecule has 70 valence electrons. The summed E-state index contributed by atoms with van der Waals surface area (Å²) in [5.74, 6) is 0.939. The van der Waals surface area contributed by atoms with Crippen LogP contribution in [0.1, 0.15) is 39.5 Å². The molecule has 0 bridgehead atoms. The smallest absolute Gasteiger partial charge is 0.0164 e. The first-order valence-electron chi connectivity index (χ1n) is 5.14. The van der Waals surface area contributed by atoms with E-state index in [4.69, 9.17) is 0 Å². The standard InChI is InChI=1S/C11H21N/c1-4-9(2)8-12-10(3)11-6-5-7-11/h10-12H,2,4-8H2,1,3H3. The van der Waals surface area contributed by atoms with Crippen molar-refractivity contribution in [3.63, 3.8) is 0 Å². The van der Waals surface area contributed by atoms with Crippen LogP contribution in [-0.4, -0.2) is 12.6 Å². The van der Waals surface area contributed by atoms with Gasteiger partial charge in [-0.05, 0) is 32.1 Å². The van der Waals surface area contributed by atoms with E-state index in [9.17, 15) is 0 Å². The van der Waals surface area contributed by atoms with E-state index in [1.165, 1.54) is 24.8 Å². The molecule has 0 aromatic heterocycles. The van der Waals surface area contributed by atoms with Gasteiger partial charge in [0.1, 0.15) is 0 Å². The Hall–Kier alpha value is -0.300. The molecule has 0 aliphatic heterocycles. The molecule has 0 radical (unpaired) electrons. The highest BCUT2D eigenvalue weighted by molar-refractivity contribution is 4.96. The van der Waals surface area contributed by atoms with Gasteiger partial charge in [0.25, 0.3) is 0 Å². The van der Waals surface area contributed by atoms with E-state index >= 15 is 0 Å². The Morgan fingerprint density at radius 3 is 2.67 bits per heavy atom. The van der Waals surface area contributed by atoms with E-state index in [2.05, 4.69) is 25.7 Å². The minimum atomic E-state index is 0.696. The van der Waals surface area contributed by atoms with Crippen molar-refractivity contribution < 1.29 is 0 Å². The van der Waals surface area contributed by atoms with Crippen molar-refractivity contribution in [1.29, 1.82) is 0 Å². The Bertz CT molecular complexity index is 147. The zero-order chi connectivity index (χ0) is 8.97. The zero-order valence-electron chi connectivity index (χ0n) is 8.40. The topological polar surface area (TPSA) is 12.0 Å². The Morgan fingerprint density at radius 1 is 1.58 bits per heavy atom. The van der Waals surface area contributed by atoms with Gasteiger partial charge in [0.05, 0.1) is 0 Å². The lowest BCUT2D eigenvalue weighted by molar-refractivity contribution is 0.244. The third-order valence-electron chi connectivity index (χ3n) is 3.03. The first-order chi connectivity index (χ1) is 5.74. The molecule has 1 aliphatic carbocycles. The van der Waals surface area contributed by atoms with Crippen LogP contribution in [0.2, 0.25) is 0 Å². The second-order valence-electron chi connectivity index (χ2n) is 3.96. The number of hydrogen-bond acceptors (Lipinski definition) is 1. The van der Waals surface area contributed by atoms with Crippen LogP contribution in [0, 0.1) is 5.92 Å². The van der Waals surface area contributed by atoms with E-state index in [0.717, 1.165) is 18.9 Å². The molecule has 0 aromatic carbocycles. The molecule has 0 amide bonds. The minimum absolute atomic E-state index is 0.696. The van der Waals surface area contributed by atoms with Gasteiger partial charge in [0, 0.05) is 12.6 Å². The lowest BCUT2D eigenvalue weighted by Crippen LogP contribution is -2.37. The van der Waals surface area contributed by atoms with Gasteiger partial charge in [0.15, 0.2) is 0 Å². The maximum absolute atomic E-state index is 3.99. The van der Waals surface area contributed by atoms with Gasteiger partial charge in [-0.2, -0.15) is 0 Å². The van der Waals surface area contributed by atoms with Gasteiger partial charge in [-0.1, -0.05) is 25.5 Å². The first-order valence-corrected chi connectivity index (χ1v) is 5.14. The molecule has 12 heavy (non-hydrogen) atoms. The van der Waals surface area contributed by atoms with E-state index in [1.54, 1.807) is 0 Å². The predicted octanol–water partition coefficient (Wildman–Crippen LogP) is 2.73. The van der Waals surface area contributed by atoms with Crippen molar-refractivity contribution in [2.75, 3.05) is 6.54 Å². The number of rotatable bonds is 5. The van der Waals surface area contributed by atoms with E-state index < -0.39 is 0 Å². The average Bonchev–Trinajstić information content (AvgIpc) is 1.97. The summed E-state index contributed by atoms with van der Waals surface area (Å²) >= 11 is 0. The van der Waals surface area contributed by atoms with Crippen LogP contribution in [0.4, 0.5) is 0 Å². The highest BCUT2D eigenvalue weighted by Crippen LogP contribution is 2.29. The molecule has 1 unspecified atom stereocenters. The van der Waals surface area contributed by atoms with Crippen LogP contribution in [0.15, 0.2) is 12.2 Å². The second-order valence-corrected chi connectivity index (χ2v) is 3.96. The van der Waals surface area contributed by atoms with Crippen LogP contribution in [0.5, 0.6) is 0 Å². The van der Waals surface area contributed by atoms with Crippen LogP contribution < -0.4 is 5.32 Å². The van der Waals surface area contributed by atoms with Crippen molar-refractivity contribution in [3.8, 4) is 0 Å². The van der Waals surface area contributed by atoms with Gasteiger partial charge >= 0.3 is 0 Å². The lowest BCUT2D eigenvalue weighted by atomic mass is 9.80. The summed E-state index contributed by atoms with van der Waals surface area (Å²) in [6, 6.07) is 0.696. The van der Waals surface area contributed by atoms with Crippen LogP contribution in [0.25, 0.3) is 0 Å². The monoisotopic (exact) mass is 167 g/mol. The summed E-state index contributed by atoms with van der Waals surface area (Å²) in [5.41, 5.74) is 1.32. The molecule has 1 atom stereocenters. The molecule has 0 aromatic rings. The number of nitrogens with one attached hydrogen (secondary N) is 1. The maximum Gasteiger partial charge on any atom is 0.0164 e. The third-order valence-corrected chi connectivity index (χ3v) is 3.03. The average molecular weight is 167 g/mol. The van der Waals surface area contributed by atoms with Crippen molar-refractivity contribution in [1.82, 2.24) is 5.32 Å². The molecule has 1 nitrogen and oxygen atoms in total. The van der Waals surface area contributed by atoms with Crippen molar-refractivity contribution >= 4 is 0 Å². The molecule has 0 saturated heterocycles. The Labute approximate surface area is 76.2 Å². The molecule has 0 spiro atoms. The van der Waals surface area contributed by atoms with Crippen LogP contribution >= 0.6 is 0 Å². The molecule has 0 heterocycles. The molecule has 1 fully saturated rings. The van der Waals surface area contributed by atoms with Gasteiger partial charge in [0.2, 0.25) is 0 Å². The second kappa shape index (κ2) is 4.66. The fourth-order valence-electron chi connectivity index (χ4n) is 1.54. The summed E-state index contributed by atoms with van der Waals surface area (Å²) in [4.78, 5) is 0. The Morgan fingerprint density at radius 2 is 2.25 bits per heavy atom. The predicted molar refractivity (Wildman–Crippen MR) is 54.2 cm³/mol. The summed E-state index contributed by atoms with van der Waals surface area (Å²) in [7, 11) is 0. The van der Waals surface area contributed by atoms with Crippen LogP contribution in [0.3, 0.4) is 0 Å². The van der Waals surface area contributed by atoms with Crippen molar-refractivity contribution in [2.24, 2.45) is 5.92 Å². The zero-order valence-corrected chi connectivity index (χ0v) is 8.40. The summed E-state index contributed by atoms with van der Waals surface area (Å²) < 4.78 is 0. The summed E-state index contributed by atoms with van der Waals surface area (Å²) in [6.07, 6.45) is 5.38. The quantitative estimate of drug-likeness (QED) is 0.621. The highest BCUT2D eigenvalue weighted by atomic mass is 14.9. The summed E-state index contributed by atoms with van der Waals surface area (Å²) in [5, 5.41) is 3.54. The van der Waals surface area contributed by atoms with Gasteiger partial charge in [-0.3, -0.25) is 0 Å². The largest absolute Gasteiger partial charge is 0.310 e. The SMILES string of the molecule is C=C(CC)CNC(C)C1CCC1. The van der Waals surface area contributed by atoms with Gasteiger partial charge in [-0.25, -0.2) is 0 Å². The Balaban J connectivity index is 2.09. The Kier molecular flexibility index (Phi) is 3.80. The highest BCUT2D eigenvalue weighted by Gasteiger charge is 2.22. The first kappa shape index (κ1) is 9.79. The number of hydrogen-bond donors (Lipinski definition) is 1. The van der Waals surface area contributed by atoms with Crippen LogP contribution in [-0.2, 0) is 0 Å². The van der Waals surface area contributed by atoms with Gasteiger partial charge in [-0.15, -0.1) is 0 Å². The molecule has 1 heteroatoms. The van der Waals surface area contributed by atoms with E-state index in [-0.39, 0.29) is 0 Å². The fraction of sp³-hybridized carbons (Fsp3) is 0.818. The molecular weight excluding hydrogens is 146 g/mol. The van der Waals surface area contributed by atoms with E-state index in [0.29, 0.717) is 6.04 Å². The maximum atomic E-state index is 3.99. The normalized spacial score (nSPS) is 20.2. The molecule has 1 rings (SSSR count). The van der Waals surface area contributed by atoms with Crippen molar-refractivity contribution in [2.45, 2.75) is 45.6 Å². The molecule has 1 aliphatic rings. The fourth-order valence-corrected chi connectivity index (χ4v) is 1.54. The molecule has 1 N–H and O–H groups in total. The summed E-state index contributed by atoms with van der Waals surface area (Å²) in [6.45, 7) is 9.46. The molecular formula is C11H21N. The van der Waals surface area contributed by atoms with E-state index in [1.807, 2.05) is 0 Å². The minimum Gasteiger partial charge on any atom is -0.310 e.